The molecule has 0 unspecified atom stereocenters. The highest BCUT2D eigenvalue weighted by atomic mass is 35.5. The number of alkyl halides is 3. The van der Waals surface area contributed by atoms with Crippen LogP contribution in [0.4, 0.5) is 18.9 Å². The number of aromatic nitrogens is 2. The molecule has 0 aliphatic carbocycles. The van der Waals surface area contributed by atoms with E-state index < -0.39 is 17.6 Å². The highest BCUT2D eigenvalue weighted by Gasteiger charge is 2.33. The zero-order chi connectivity index (χ0) is 19.5. The van der Waals surface area contributed by atoms with Crippen LogP contribution in [0.3, 0.4) is 0 Å². The van der Waals surface area contributed by atoms with Crippen LogP contribution >= 0.6 is 11.6 Å². The minimum atomic E-state index is -4.53. The van der Waals surface area contributed by atoms with Gasteiger partial charge in [-0.15, -0.1) is 0 Å². The monoisotopic (exact) mass is 388 g/mol. The number of hydrogen-bond acceptors (Lipinski definition) is 3. The summed E-state index contributed by atoms with van der Waals surface area (Å²) in [6, 6.07) is 4.90. The molecule has 0 saturated heterocycles. The van der Waals surface area contributed by atoms with Crippen LogP contribution in [0.5, 0.6) is 0 Å². The summed E-state index contributed by atoms with van der Waals surface area (Å²) >= 11 is 6.20. The molecule has 0 aliphatic heterocycles. The van der Waals surface area contributed by atoms with E-state index in [0.717, 1.165) is 17.3 Å². The molecule has 1 amide bonds. The van der Waals surface area contributed by atoms with E-state index in [4.69, 9.17) is 11.6 Å². The maximum atomic E-state index is 13.0. The quantitative estimate of drug-likeness (QED) is 0.817. The van der Waals surface area contributed by atoms with Crippen molar-refractivity contribution in [2.75, 3.05) is 18.4 Å². The molecule has 2 aromatic rings. The molecule has 1 heterocycles. The van der Waals surface area contributed by atoms with Crippen LogP contribution in [0.15, 0.2) is 24.3 Å². The Morgan fingerprint density at radius 1 is 1.35 bits per heavy atom. The molecule has 1 aromatic carbocycles. The zero-order valence-electron chi connectivity index (χ0n) is 14.7. The Hall–Kier alpha value is -2.06. The highest BCUT2D eigenvalue weighted by Crippen LogP contribution is 2.34. The smallest absolute Gasteiger partial charge is 0.324 e. The highest BCUT2D eigenvalue weighted by molar-refractivity contribution is 6.30. The standard InChI is InChI=1S/C17H20ClF3N4O/c1-4-25(9-12-11(2)23-24(3)16(12)18)10-15(26)22-14-8-6-5-7-13(14)17(19,20)21/h5-8H,4,9-10H2,1-3H3,(H,22,26). The summed E-state index contributed by atoms with van der Waals surface area (Å²) < 4.78 is 40.6. The number of nitrogens with one attached hydrogen (secondary N) is 1. The van der Waals surface area contributed by atoms with Crippen molar-refractivity contribution in [2.24, 2.45) is 7.05 Å². The molecule has 142 valence electrons. The third-order valence-electron chi connectivity index (χ3n) is 3.97. The van der Waals surface area contributed by atoms with Crippen molar-refractivity contribution in [2.45, 2.75) is 26.6 Å². The summed E-state index contributed by atoms with van der Waals surface area (Å²) in [5, 5.41) is 7.04. The van der Waals surface area contributed by atoms with Gasteiger partial charge in [-0.1, -0.05) is 30.7 Å². The molecule has 1 N–H and O–H groups in total. The number of benzene rings is 1. The van der Waals surface area contributed by atoms with Gasteiger partial charge in [-0.2, -0.15) is 18.3 Å². The largest absolute Gasteiger partial charge is 0.418 e. The predicted molar refractivity (Wildman–Crippen MR) is 94.0 cm³/mol. The van der Waals surface area contributed by atoms with Gasteiger partial charge in [-0.25, -0.2) is 0 Å². The number of halogens is 4. The van der Waals surface area contributed by atoms with Gasteiger partial charge in [0.2, 0.25) is 5.91 Å². The Balaban J connectivity index is 2.09. The van der Waals surface area contributed by atoms with Crippen molar-refractivity contribution in [1.82, 2.24) is 14.7 Å². The van der Waals surface area contributed by atoms with Crippen LogP contribution in [-0.2, 0) is 24.6 Å². The number of nitrogens with zero attached hydrogens (tertiary/aromatic N) is 3. The van der Waals surface area contributed by atoms with E-state index in [2.05, 4.69) is 10.4 Å². The first kappa shape index (κ1) is 20.3. The number of amides is 1. The Morgan fingerprint density at radius 2 is 2.00 bits per heavy atom. The van der Waals surface area contributed by atoms with E-state index in [1.807, 2.05) is 13.8 Å². The number of carbonyl (C=O) groups is 1. The van der Waals surface area contributed by atoms with Crippen LogP contribution < -0.4 is 5.32 Å². The predicted octanol–water partition coefficient (Wildman–Crippen LogP) is 3.86. The van der Waals surface area contributed by atoms with Crippen LogP contribution in [0.25, 0.3) is 0 Å². The molecule has 0 atom stereocenters. The van der Waals surface area contributed by atoms with Crippen molar-refractivity contribution in [3.8, 4) is 0 Å². The minimum absolute atomic E-state index is 0.0621. The van der Waals surface area contributed by atoms with Crippen molar-refractivity contribution in [3.05, 3.63) is 46.2 Å². The number of hydrogen-bond donors (Lipinski definition) is 1. The SMILES string of the molecule is CCN(CC(=O)Nc1ccccc1C(F)(F)F)Cc1c(C)nn(C)c1Cl. The molecule has 0 saturated carbocycles. The van der Waals surface area contributed by atoms with Crippen LogP contribution in [0.2, 0.25) is 5.15 Å². The molecule has 1 aromatic heterocycles. The average molecular weight is 389 g/mol. The van der Waals surface area contributed by atoms with E-state index in [0.29, 0.717) is 18.2 Å². The van der Waals surface area contributed by atoms with E-state index >= 15 is 0 Å². The van der Waals surface area contributed by atoms with Gasteiger partial charge in [-0.05, 0) is 25.6 Å². The lowest BCUT2D eigenvalue weighted by atomic mass is 10.1. The molecule has 9 heteroatoms. The number of carbonyl (C=O) groups excluding carboxylic acids is 1. The second-order valence-electron chi connectivity index (χ2n) is 5.87. The lowest BCUT2D eigenvalue weighted by molar-refractivity contribution is -0.137. The second kappa shape index (κ2) is 8.09. The number of para-hydroxylation sites is 1. The number of aryl methyl sites for hydroxylation is 2. The third kappa shape index (κ3) is 4.76. The number of anilines is 1. The lowest BCUT2D eigenvalue weighted by Gasteiger charge is -2.20. The van der Waals surface area contributed by atoms with E-state index in [-0.39, 0.29) is 12.2 Å². The van der Waals surface area contributed by atoms with E-state index in [9.17, 15) is 18.0 Å². The van der Waals surface area contributed by atoms with Gasteiger partial charge in [0.05, 0.1) is 23.5 Å². The van der Waals surface area contributed by atoms with E-state index in [1.54, 1.807) is 16.6 Å². The maximum Gasteiger partial charge on any atom is 0.418 e. The van der Waals surface area contributed by atoms with Gasteiger partial charge in [0, 0.05) is 19.2 Å². The topological polar surface area (TPSA) is 50.2 Å². The van der Waals surface area contributed by atoms with Crippen LogP contribution in [0.1, 0.15) is 23.7 Å². The number of likely N-dealkylation sites (N-methyl/N-ethyl adjacent to an activating group) is 1. The summed E-state index contributed by atoms with van der Waals surface area (Å²) in [7, 11) is 1.72. The van der Waals surface area contributed by atoms with Crippen molar-refractivity contribution >= 4 is 23.2 Å². The Bertz CT molecular complexity index is 789. The average Bonchev–Trinajstić information content (AvgIpc) is 2.79. The normalized spacial score (nSPS) is 11.8. The van der Waals surface area contributed by atoms with Crippen molar-refractivity contribution < 1.29 is 18.0 Å². The Labute approximate surface area is 154 Å². The molecular weight excluding hydrogens is 369 g/mol. The molecular formula is C17H20ClF3N4O. The van der Waals surface area contributed by atoms with Gasteiger partial charge in [0.15, 0.2) is 0 Å². The molecule has 2 rings (SSSR count). The fourth-order valence-electron chi connectivity index (χ4n) is 2.59. The van der Waals surface area contributed by atoms with E-state index in [1.165, 1.54) is 18.2 Å². The molecule has 26 heavy (non-hydrogen) atoms. The Morgan fingerprint density at radius 3 is 2.54 bits per heavy atom. The maximum absolute atomic E-state index is 13.0. The summed E-state index contributed by atoms with van der Waals surface area (Å²) in [5.74, 6) is -0.527. The summed E-state index contributed by atoms with van der Waals surface area (Å²) in [4.78, 5) is 14.0. The van der Waals surface area contributed by atoms with Crippen LogP contribution in [0, 0.1) is 6.92 Å². The fraction of sp³-hybridized carbons (Fsp3) is 0.412. The lowest BCUT2D eigenvalue weighted by Crippen LogP contribution is -2.33. The fourth-order valence-corrected chi connectivity index (χ4v) is 2.82. The first-order valence-electron chi connectivity index (χ1n) is 7.99. The van der Waals surface area contributed by atoms with Gasteiger partial charge in [0.1, 0.15) is 5.15 Å². The number of rotatable bonds is 6. The second-order valence-corrected chi connectivity index (χ2v) is 6.23. The molecule has 0 spiro atoms. The van der Waals surface area contributed by atoms with Crippen molar-refractivity contribution in [3.63, 3.8) is 0 Å². The first-order chi connectivity index (χ1) is 12.1. The van der Waals surface area contributed by atoms with Gasteiger partial charge in [-0.3, -0.25) is 14.4 Å². The summed E-state index contributed by atoms with van der Waals surface area (Å²) in [6.45, 7) is 4.51. The third-order valence-corrected chi connectivity index (χ3v) is 4.45. The molecule has 0 radical (unpaired) electrons. The van der Waals surface area contributed by atoms with Gasteiger partial charge in [0.25, 0.3) is 0 Å². The van der Waals surface area contributed by atoms with Crippen molar-refractivity contribution in [1.29, 1.82) is 0 Å². The summed E-state index contributed by atoms with van der Waals surface area (Å²) in [6.07, 6.45) is -4.53. The molecule has 0 fully saturated rings. The summed E-state index contributed by atoms with van der Waals surface area (Å²) in [5.41, 5.74) is 0.414. The van der Waals surface area contributed by atoms with Gasteiger partial charge < -0.3 is 5.32 Å². The zero-order valence-corrected chi connectivity index (χ0v) is 15.4. The first-order valence-corrected chi connectivity index (χ1v) is 8.37. The minimum Gasteiger partial charge on any atom is -0.324 e. The Kier molecular flexibility index (Phi) is 6.30. The van der Waals surface area contributed by atoms with Crippen LogP contribution in [-0.4, -0.2) is 33.7 Å². The molecule has 0 aliphatic rings. The van der Waals surface area contributed by atoms with Gasteiger partial charge >= 0.3 is 6.18 Å². The molecule has 5 nitrogen and oxygen atoms in total. The molecule has 0 bridgehead atoms.